The van der Waals surface area contributed by atoms with Crippen LogP contribution in [0.5, 0.6) is 0 Å². The first-order valence-electron chi connectivity index (χ1n) is 8.40. The maximum Gasteiger partial charge on any atom is 0.352 e. The molecular weight excluding hydrogens is 398 g/mol. The molecule has 0 aliphatic rings. The van der Waals surface area contributed by atoms with E-state index in [0.717, 1.165) is 6.07 Å². The van der Waals surface area contributed by atoms with Gasteiger partial charge in [0.25, 0.3) is 15.7 Å². The second-order valence-electron chi connectivity index (χ2n) is 6.36. The molecule has 0 radical (unpaired) electrons. The molecule has 0 bridgehead atoms. The Labute approximate surface area is 166 Å². The predicted octanol–water partition coefficient (Wildman–Crippen LogP) is 3.50. The summed E-state index contributed by atoms with van der Waals surface area (Å²) >= 11 is 0. The standard InChI is InChI=1S/C19H17N3O6S/c1-12-5-3-6-16(22(25)26)18(12)29(27,28)20-14-8-9-15(13(2)11-14)21-10-4-7-17(21)19(23)24/h3-11,20H,1-2H3,(H,23,24). The van der Waals surface area contributed by atoms with Crippen molar-refractivity contribution in [2.75, 3.05) is 4.72 Å². The number of nitrogens with zero attached hydrogens (tertiary/aromatic N) is 2. The summed E-state index contributed by atoms with van der Waals surface area (Å²) in [5.41, 5.74) is 1.19. The van der Waals surface area contributed by atoms with Crippen molar-refractivity contribution >= 4 is 27.4 Å². The van der Waals surface area contributed by atoms with Crippen molar-refractivity contribution in [3.8, 4) is 5.69 Å². The number of aryl methyl sites for hydroxylation is 2. The fourth-order valence-corrected chi connectivity index (χ4v) is 4.54. The average Bonchev–Trinajstić information content (AvgIpc) is 3.10. The van der Waals surface area contributed by atoms with Gasteiger partial charge in [-0.25, -0.2) is 13.2 Å². The van der Waals surface area contributed by atoms with E-state index in [0.29, 0.717) is 11.3 Å². The lowest BCUT2D eigenvalue weighted by Crippen LogP contribution is -2.16. The van der Waals surface area contributed by atoms with Gasteiger partial charge in [0, 0.05) is 23.6 Å². The molecule has 9 nitrogen and oxygen atoms in total. The van der Waals surface area contributed by atoms with Gasteiger partial charge in [0.1, 0.15) is 5.69 Å². The number of sulfonamides is 1. The first kappa shape index (κ1) is 20.1. The number of nitrogens with one attached hydrogen (secondary N) is 1. The Morgan fingerprint density at radius 1 is 1.10 bits per heavy atom. The quantitative estimate of drug-likeness (QED) is 0.468. The van der Waals surface area contributed by atoms with Gasteiger partial charge in [-0.15, -0.1) is 0 Å². The highest BCUT2D eigenvalue weighted by atomic mass is 32.2. The van der Waals surface area contributed by atoms with Crippen LogP contribution in [0, 0.1) is 24.0 Å². The number of aromatic nitrogens is 1. The minimum Gasteiger partial charge on any atom is -0.477 e. The maximum atomic E-state index is 12.8. The first-order chi connectivity index (χ1) is 13.6. The van der Waals surface area contributed by atoms with Gasteiger partial charge in [0.2, 0.25) is 0 Å². The summed E-state index contributed by atoms with van der Waals surface area (Å²) in [5.74, 6) is -1.09. The molecule has 0 aliphatic heterocycles. The number of hydrogen-bond acceptors (Lipinski definition) is 5. The van der Waals surface area contributed by atoms with Crippen LogP contribution in [0.3, 0.4) is 0 Å². The Morgan fingerprint density at radius 3 is 2.45 bits per heavy atom. The number of rotatable bonds is 6. The molecule has 0 unspecified atom stereocenters. The molecule has 0 aliphatic carbocycles. The lowest BCUT2D eigenvalue weighted by molar-refractivity contribution is -0.387. The lowest BCUT2D eigenvalue weighted by Gasteiger charge is -2.14. The molecule has 10 heteroatoms. The number of hydrogen-bond donors (Lipinski definition) is 2. The fraction of sp³-hybridized carbons (Fsp3) is 0.105. The molecule has 0 amide bonds. The number of aromatic carboxylic acids is 1. The van der Waals surface area contributed by atoms with Gasteiger partial charge in [-0.2, -0.15) is 0 Å². The average molecular weight is 415 g/mol. The number of nitro benzene ring substituents is 1. The molecule has 3 aromatic rings. The van der Waals surface area contributed by atoms with Crippen molar-refractivity contribution in [2.45, 2.75) is 18.7 Å². The molecule has 2 aromatic carbocycles. The summed E-state index contributed by atoms with van der Waals surface area (Å²) in [4.78, 5) is 21.4. The molecule has 0 spiro atoms. The SMILES string of the molecule is Cc1cc(NS(=O)(=O)c2c(C)cccc2[N+](=O)[O-])ccc1-n1cccc1C(=O)O. The van der Waals surface area contributed by atoms with Crippen LogP contribution in [0.25, 0.3) is 5.69 Å². The van der Waals surface area contributed by atoms with Gasteiger partial charge in [-0.1, -0.05) is 12.1 Å². The smallest absolute Gasteiger partial charge is 0.352 e. The second-order valence-corrected chi connectivity index (χ2v) is 7.97. The van der Waals surface area contributed by atoms with Gasteiger partial charge in [-0.3, -0.25) is 14.8 Å². The lowest BCUT2D eigenvalue weighted by atomic mass is 10.1. The number of carbonyl (C=O) groups is 1. The van der Waals surface area contributed by atoms with Crippen LogP contribution in [0.2, 0.25) is 0 Å². The number of carboxylic acid groups (broad SMARTS) is 1. The summed E-state index contributed by atoms with van der Waals surface area (Å²) < 4.78 is 29.5. The third-order valence-electron chi connectivity index (χ3n) is 4.33. The normalized spacial score (nSPS) is 11.2. The Hall–Kier alpha value is -3.66. The van der Waals surface area contributed by atoms with Crippen molar-refractivity contribution in [2.24, 2.45) is 0 Å². The molecule has 1 heterocycles. The Morgan fingerprint density at radius 2 is 1.83 bits per heavy atom. The van der Waals surface area contributed by atoms with Crippen molar-refractivity contribution in [3.63, 3.8) is 0 Å². The summed E-state index contributed by atoms with van der Waals surface area (Å²) in [5, 5.41) is 20.5. The first-order valence-corrected chi connectivity index (χ1v) is 9.88. The zero-order chi connectivity index (χ0) is 21.3. The molecule has 0 saturated carbocycles. The fourth-order valence-electron chi connectivity index (χ4n) is 3.09. The summed E-state index contributed by atoms with van der Waals surface area (Å²) in [7, 11) is -4.22. The second kappa shape index (κ2) is 7.40. The van der Waals surface area contributed by atoms with Gasteiger partial charge in [-0.05, 0) is 55.3 Å². The topological polar surface area (TPSA) is 132 Å². The zero-order valence-corrected chi connectivity index (χ0v) is 16.3. The van der Waals surface area contributed by atoms with Gasteiger partial charge in [0.15, 0.2) is 4.90 Å². The Bertz CT molecular complexity index is 1230. The highest BCUT2D eigenvalue weighted by Crippen LogP contribution is 2.29. The molecule has 0 fully saturated rings. The van der Waals surface area contributed by atoms with Crippen LogP contribution in [0.15, 0.2) is 59.6 Å². The van der Waals surface area contributed by atoms with Crippen molar-refractivity contribution < 1.29 is 23.2 Å². The van der Waals surface area contributed by atoms with Gasteiger partial charge in [0.05, 0.1) is 4.92 Å². The summed E-state index contributed by atoms with van der Waals surface area (Å²) in [6, 6.07) is 11.7. The number of benzene rings is 2. The van der Waals surface area contributed by atoms with Crippen molar-refractivity contribution in [1.82, 2.24) is 4.57 Å². The van der Waals surface area contributed by atoms with Crippen LogP contribution in [0.1, 0.15) is 21.6 Å². The number of carboxylic acids is 1. The molecule has 150 valence electrons. The molecule has 2 N–H and O–H groups in total. The van der Waals surface area contributed by atoms with Gasteiger partial charge >= 0.3 is 5.97 Å². The van der Waals surface area contributed by atoms with E-state index in [1.165, 1.54) is 41.8 Å². The third kappa shape index (κ3) is 3.83. The van der Waals surface area contributed by atoms with Crippen LogP contribution in [-0.4, -0.2) is 29.0 Å². The van der Waals surface area contributed by atoms with E-state index in [1.54, 1.807) is 25.3 Å². The monoisotopic (exact) mass is 415 g/mol. The van der Waals surface area contributed by atoms with Crippen molar-refractivity contribution in [3.05, 3.63) is 81.7 Å². The number of anilines is 1. The third-order valence-corrected chi connectivity index (χ3v) is 5.91. The van der Waals surface area contributed by atoms with Gasteiger partial charge < -0.3 is 9.67 Å². The molecule has 3 rings (SSSR count). The molecular formula is C19H17N3O6S. The Kier molecular flexibility index (Phi) is 5.12. The zero-order valence-electron chi connectivity index (χ0n) is 15.5. The highest BCUT2D eigenvalue weighted by Gasteiger charge is 2.28. The van der Waals surface area contributed by atoms with E-state index in [1.807, 2.05) is 0 Å². The molecule has 1 aromatic heterocycles. The molecule has 0 saturated heterocycles. The molecule has 29 heavy (non-hydrogen) atoms. The predicted molar refractivity (Wildman–Crippen MR) is 106 cm³/mol. The minimum absolute atomic E-state index is 0.0666. The van der Waals surface area contributed by atoms with E-state index in [2.05, 4.69) is 4.72 Å². The van der Waals surface area contributed by atoms with E-state index in [9.17, 15) is 28.4 Å². The summed E-state index contributed by atoms with van der Waals surface area (Å²) in [6.45, 7) is 3.18. The Balaban J connectivity index is 2.00. The highest BCUT2D eigenvalue weighted by molar-refractivity contribution is 7.93. The molecule has 0 atom stereocenters. The van der Waals surface area contributed by atoms with Crippen LogP contribution in [-0.2, 0) is 10.0 Å². The minimum atomic E-state index is -4.22. The van der Waals surface area contributed by atoms with Crippen LogP contribution >= 0.6 is 0 Å². The van der Waals surface area contributed by atoms with E-state index >= 15 is 0 Å². The van der Waals surface area contributed by atoms with E-state index in [4.69, 9.17) is 0 Å². The van der Waals surface area contributed by atoms with E-state index in [-0.39, 0.29) is 16.9 Å². The number of nitro groups is 1. The summed E-state index contributed by atoms with van der Waals surface area (Å²) in [6.07, 6.45) is 1.59. The largest absolute Gasteiger partial charge is 0.477 e. The van der Waals surface area contributed by atoms with E-state index < -0.39 is 31.5 Å². The maximum absolute atomic E-state index is 12.8. The van der Waals surface area contributed by atoms with Crippen LogP contribution < -0.4 is 4.72 Å². The van der Waals surface area contributed by atoms with Crippen molar-refractivity contribution in [1.29, 1.82) is 0 Å². The van der Waals surface area contributed by atoms with Crippen LogP contribution in [0.4, 0.5) is 11.4 Å².